The predicted molar refractivity (Wildman–Crippen MR) is 37.7 cm³/mol. The van der Waals surface area contributed by atoms with Crippen molar-refractivity contribution in [2.24, 2.45) is 5.92 Å². The van der Waals surface area contributed by atoms with Crippen molar-refractivity contribution in [2.75, 3.05) is 0 Å². The lowest BCUT2D eigenvalue weighted by Crippen LogP contribution is -2.24. The van der Waals surface area contributed by atoms with Crippen LogP contribution in [0.3, 0.4) is 0 Å². The smallest absolute Gasteiger partial charge is 0.308 e. The van der Waals surface area contributed by atoms with E-state index < -0.39 is 18.0 Å². The van der Waals surface area contributed by atoms with Gasteiger partial charge >= 0.3 is 5.97 Å². The zero-order valence-electron chi connectivity index (χ0n) is 6.37. The van der Waals surface area contributed by atoms with Crippen LogP contribution in [-0.2, 0) is 4.79 Å². The Morgan fingerprint density at radius 2 is 2.10 bits per heavy atom. The Balaban J connectivity index is 3.69. The number of carbonyl (C=O) groups is 1. The lowest BCUT2D eigenvalue weighted by molar-refractivity contribution is -0.144. The highest BCUT2D eigenvalue weighted by Crippen LogP contribution is 2.08. The first-order valence-corrected chi connectivity index (χ1v) is 3.50. The summed E-state index contributed by atoms with van der Waals surface area (Å²) in [6.07, 6.45) is 0.689. The molecule has 2 atom stereocenters. The van der Waals surface area contributed by atoms with Crippen molar-refractivity contribution in [1.29, 1.82) is 0 Å². The monoisotopic (exact) mass is 146 g/mol. The van der Waals surface area contributed by atoms with Gasteiger partial charge in [0, 0.05) is 0 Å². The van der Waals surface area contributed by atoms with Gasteiger partial charge in [0.25, 0.3) is 0 Å². The second kappa shape index (κ2) is 4.28. The highest BCUT2D eigenvalue weighted by atomic mass is 16.4. The molecular formula is C7H14O3. The minimum Gasteiger partial charge on any atom is -0.481 e. The van der Waals surface area contributed by atoms with Gasteiger partial charge in [-0.05, 0) is 13.3 Å². The normalized spacial score (nSPS) is 16.3. The molecule has 10 heavy (non-hydrogen) atoms. The molecule has 0 saturated carbocycles. The molecule has 0 aliphatic heterocycles. The van der Waals surface area contributed by atoms with Crippen LogP contribution in [0.15, 0.2) is 0 Å². The standard InChI is InChI=1S/C7H14O3/c1-3-4-6(8)5(2)7(9)10/h5-6,8H,3-4H2,1-2H3,(H,9,10)/t5-,6+/m0/s1. The fraction of sp³-hybridized carbons (Fsp3) is 0.857. The Labute approximate surface area is 60.7 Å². The van der Waals surface area contributed by atoms with Crippen molar-refractivity contribution < 1.29 is 15.0 Å². The quantitative estimate of drug-likeness (QED) is 0.618. The maximum absolute atomic E-state index is 10.3. The van der Waals surface area contributed by atoms with Crippen LogP contribution in [-0.4, -0.2) is 22.3 Å². The Hall–Kier alpha value is -0.570. The molecule has 60 valence electrons. The van der Waals surface area contributed by atoms with Gasteiger partial charge in [0.15, 0.2) is 0 Å². The zero-order valence-corrected chi connectivity index (χ0v) is 6.37. The van der Waals surface area contributed by atoms with Crippen molar-refractivity contribution in [3.63, 3.8) is 0 Å². The van der Waals surface area contributed by atoms with Crippen molar-refractivity contribution >= 4 is 5.97 Å². The number of aliphatic hydroxyl groups is 1. The second-order valence-corrected chi connectivity index (χ2v) is 2.48. The van der Waals surface area contributed by atoms with E-state index in [0.29, 0.717) is 6.42 Å². The summed E-state index contributed by atoms with van der Waals surface area (Å²) < 4.78 is 0. The van der Waals surface area contributed by atoms with Crippen molar-refractivity contribution in [1.82, 2.24) is 0 Å². The first-order valence-electron chi connectivity index (χ1n) is 3.50. The largest absolute Gasteiger partial charge is 0.481 e. The minimum atomic E-state index is -0.930. The number of hydrogen-bond acceptors (Lipinski definition) is 2. The molecule has 3 heteroatoms. The number of hydrogen-bond donors (Lipinski definition) is 2. The molecule has 3 nitrogen and oxygen atoms in total. The summed E-state index contributed by atoms with van der Waals surface area (Å²) in [5, 5.41) is 17.5. The van der Waals surface area contributed by atoms with E-state index in [1.54, 1.807) is 0 Å². The maximum atomic E-state index is 10.3. The van der Waals surface area contributed by atoms with E-state index in [9.17, 15) is 4.79 Å². The molecule has 0 spiro atoms. The Bertz CT molecular complexity index is 111. The zero-order chi connectivity index (χ0) is 8.15. The fourth-order valence-electron chi connectivity index (χ4n) is 0.710. The average Bonchev–Trinajstić information content (AvgIpc) is 1.87. The first kappa shape index (κ1) is 9.43. The first-order chi connectivity index (χ1) is 4.59. The fourth-order valence-corrected chi connectivity index (χ4v) is 0.710. The summed E-state index contributed by atoms with van der Waals surface area (Å²) >= 11 is 0. The van der Waals surface area contributed by atoms with E-state index in [1.807, 2.05) is 6.92 Å². The van der Waals surface area contributed by atoms with Crippen LogP contribution in [0, 0.1) is 5.92 Å². The van der Waals surface area contributed by atoms with Gasteiger partial charge in [0.1, 0.15) is 0 Å². The van der Waals surface area contributed by atoms with Crippen LogP contribution in [0.4, 0.5) is 0 Å². The van der Waals surface area contributed by atoms with E-state index >= 15 is 0 Å². The number of carboxylic acids is 1. The molecule has 0 heterocycles. The van der Waals surface area contributed by atoms with Crippen LogP contribution in [0.2, 0.25) is 0 Å². The number of aliphatic hydroxyl groups excluding tert-OH is 1. The summed E-state index contributed by atoms with van der Waals surface area (Å²) in [6, 6.07) is 0. The van der Waals surface area contributed by atoms with E-state index in [4.69, 9.17) is 10.2 Å². The summed E-state index contributed by atoms with van der Waals surface area (Å²) in [7, 11) is 0. The highest BCUT2D eigenvalue weighted by molar-refractivity contribution is 5.70. The van der Waals surface area contributed by atoms with Crippen LogP contribution < -0.4 is 0 Å². The van der Waals surface area contributed by atoms with Gasteiger partial charge in [0.05, 0.1) is 12.0 Å². The topological polar surface area (TPSA) is 57.5 Å². The van der Waals surface area contributed by atoms with Crippen molar-refractivity contribution in [3.05, 3.63) is 0 Å². The molecule has 0 bridgehead atoms. The molecule has 0 rings (SSSR count). The average molecular weight is 146 g/mol. The van der Waals surface area contributed by atoms with Gasteiger partial charge in [-0.1, -0.05) is 13.3 Å². The van der Waals surface area contributed by atoms with Gasteiger partial charge in [-0.2, -0.15) is 0 Å². The number of aliphatic carboxylic acids is 1. The summed E-state index contributed by atoms with van der Waals surface area (Å²) in [6.45, 7) is 3.43. The van der Waals surface area contributed by atoms with Crippen LogP contribution in [0.5, 0.6) is 0 Å². The lowest BCUT2D eigenvalue weighted by atomic mass is 10.0. The van der Waals surface area contributed by atoms with Gasteiger partial charge in [0.2, 0.25) is 0 Å². The Morgan fingerprint density at radius 3 is 2.40 bits per heavy atom. The molecule has 0 aromatic carbocycles. The number of carboxylic acid groups (broad SMARTS) is 1. The molecule has 2 N–H and O–H groups in total. The van der Waals surface area contributed by atoms with E-state index in [-0.39, 0.29) is 0 Å². The molecule has 0 aliphatic rings. The molecule has 0 aromatic heterocycles. The van der Waals surface area contributed by atoms with Gasteiger partial charge in [-0.15, -0.1) is 0 Å². The van der Waals surface area contributed by atoms with Gasteiger partial charge < -0.3 is 10.2 Å². The molecule has 0 radical (unpaired) electrons. The lowest BCUT2D eigenvalue weighted by Gasteiger charge is -2.12. The summed E-state index contributed by atoms with van der Waals surface area (Å²) in [4.78, 5) is 10.3. The van der Waals surface area contributed by atoms with Crippen molar-refractivity contribution in [3.8, 4) is 0 Å². The molecule has 0 aliphatic carbocycles. The maximum Gasteiger partial charge on any atom is 0.308 e. The molecule has 0 unspecified atom stereocenters. The van der Waals surface area contributed by atoms with Crippen LogP contribution in [0.1, 0.15) is 26.7 Å². The minimum absolute atomic E-state index is 0.563. The predicted octanol–water partition coefficient (Wildman–Crippen LogP) is 0.868. The molecule has 0 fully saturated rings. The highest BCUT2D eigenvalue weighted by Gasteiger charge is 2.19. The molecule has 0 aromatic rings. The third-order valence-corrected chi connectivity index (χ3v) is 1.55. The summed E-state index contributed by atoms with van der Waals surface area (Å²) in [5.41, 5.74) is 0. The van der Waals surface area contributed by atoms with E-state index in [0.717, 1.165) is 6.42 Å². The SMILES string of the molecule is CCC[C@@H](O)[C@H](C)C(=O)O. The van der Waals surface area contributed by atoms with Crippen LogP contribution >= 0.6 is 0 Å². The number of rotatable bonds is 4. The molecule has 0 saturated heterocycles. The van der Waals surface area contributed by atoms with Gasteiger partial charge in [-0.3, -0.25) is 4.79 Å². The Kier molecular flexibility index (Phi) is 4.03. The second-order valence-electron chi connectivity index (χ2n) is 2.48. The summed E-state index contributed by atoms with van der Waals surface area (Å²) in [5.74, 6) is -1.57. The van der Waals surface area contributed by atoms with E-state index in [1.165, 1.54) is 6.92 Å². The molecule has 0 amide bonds. The molecular weight excluding hydrogens is 132 g/mol. The Morgan fingerprint density at radius 1 is 1.60 bits per heavy atom. The third kappa shape index (κ3) is 2.82. The van der Waals surface area contributed by atoms with Gasteiger partial charge in [-0.25, -0.2) is 0 Å². The third-order valence-electron chi connectivity index (χ3n) is 1.55. The van der Waals surface area contributed by atoms with Crippen LogP contribution in [0.25, 0.3) is 0 Å². The van der Waals surface area contributed by atoms with Crippen molar-refractivity contribution in [2.45, 2.75) is 32.8 Å². The van der Waals surface area contributed by atoms with E-state index in [2.05, 4.69) is 0 Å².